The molecule has 2 saturated heterocycles. The van der Waals surface area contributed by atoms with Gasteiger partial charge in [0.2, 0.25) is 0 Å². The molecule has 0 radical (unpaired) electrons. The van der Waals surface area contributed by atoms with Crippen LogP contribution in [0.15, 0.2) is 0 Å². The number of ether oxygens (including phenoxy) is 4. The third kappa shape index (κ3) is 5.43. The SMILES string of the molecule is C(OCC1CO1)C1CO1.CC(CO)(CO)COC12CC3CC(CC(C3)C1)C2. The fourth-order valence-corrected chi connectivity index (χ4v) is 5.34. The van der Waals surface area contributed by atoms with Gasteiger partial charge in [0, 0.05) is 5.41 Å². The quantitative estimate of drug-likeness (QED) is 0.590. The summed E-state index contributed by atoms with van der Waals surface area (Å²) in [7, 11) is 0. The van der Waals surface area contributed by atoms with Crippen LogP contribution in [0.3, 0.4) is 0 Å². The summed E-state index contributed by atoms with van der Waals surface area (Å²) in [6.07, 6.45) is 8.68. The Kier molecular flexibility index (Phi) is 6.12. The number of hydrogen-bond acceptors (Lipinski definition) is 6. The van der Waals surface area contributed by atoms with Gasteiger partial charge in [0.1, 0.15) is 12.2 Å². The zero-order chi connectivity index (χ0) is 18.9. The first-order chi connectivity index (χ1) is 13.0. The molecule has 0 aromatic rings. The monoisotopic (exact) mass is 384 g/mol. The molecular weight excluding hydrogens is 348 g/mol. The molecule has 6 aliphatic rings. The van der Waals surface area contributed by atoms with E-state index in [0.29, 0.717) is 18.8 Å². The summed E-state index contributed by atoms with van der Waals surface area (Å²) in [4.78, 5) is 0. The van der Waals surface area contributed by atoms with Crippen LogP contribution in [0.5, 0.6) is 0 Å². The van der Waals surface area contributed by atoms with Gasteiger partial charge >= 0.3 is 0 Å². The van der Waals surface area contributed by atoms with E-state index in [0.717, 1.165) is 44.2 Å². The summed E-state index contributed by atoms with van der Waals surface area (Å²) >= 11 is 0. The molecule has 0 aromatic heterocycles. The maximum Gasteiger partial charge on any atom is 0.104 e. The first-order valence-electron chi connectivity index (χ1n) is 10.7. The molecule has 0 amide bonds. The zero-order valence-corrected chi connectivity index (χ0v) is 16.6. The minimum atomic E-state index is -0.483. The van der Waals surface area contributed by atoms with Crippen molar-refractivity contribution in [3.8, 4) is 0 Å². The minimum Gasteiger partial charge on any atom is -0.396 e. The molecule has 2 N–H and O–H groups in total. The van der Waals surface area contributed by atoms with Crippen LogP contribution in [-0.4, -0.2) is 74.3 Å². The van der Waals surface area contributed by atoms with Crippen molar-refractivity contribution in [2.24, 2.45) is 23.2 Å². The molecule has 27 heavy (non-hydrogen) atoms. The average Bonchev–Trinajstić information content (AvgIpc) is 3.55. The highest BCUT2D eigenvalue weighted by molar-refractivity contribution is 5.03. The van der Waals surface area contributed by atoms with E-state index in [4.69, 9.17) is 18.9 Å². The van der Waals surface area contributed by atoms with Crippen LogP contribution in [0, 0.1) is 23.2 Å². The van der Waals surface area contributed by atoms with E-state index >= 15 is 0 Å². The number of aliphatic hydroxyl groups excluding tert-OH is 2. The highest BCUT2D eigenvalue weighted by Gasteiger charge is 2.52. The van der Waals surface area contributed by atoms with Crippen LogP contribution in [0.2, 0.25) is 0 Å². The molecule has 6 fully saturated rings. The van der Waals surface area contributed by atoms with E-state index in [2.05, 4.69) is 0 Å². The predicted octanol–water partition coefficient (Wildman–Crippen LogP) is 1.76. The molecule has 6 rings (SSSR count). The molecule has 2 heterocycles. The van der Waals surface area contributed by atoms with Crippen molar-refractivity contribution < 1.29 is 29.2 Å². The van der Waals surface area contributed by atoms with Gasteiger partial charge in [-0.1, -0.05) is 6.92 Å². The Hall–Kier alpha value is -0.240. The lowest BCUT2D eigenvalue weighted by Crippen LogP contribution is -2.53. The molecule has 4 aliphatic carbocycles. The van der Waals surface area contributed by atoms with Crippen molar-refractivity contribution in [3.63, 3.8) is 0 Å². The predicted molar refractivity (Wildman–Crippen MR) is 99.4 cm³/mol. The molecule has 0 aromatic carbocycles. The van der Waals surface area contributed by atoms with Crippen molar-refractivity contribution in [2.75, 3.05) is 46.2 Å². The smallest absolute Gasteiger partial charge is 0.104 e. The third-order valence-electron chi connectivity index (χ3n) is 6.88. The molecule has 156 valence electrons. The highest BCUT2D eigenvalue weighted by Crippen LogP contribution is 2.57. The molecule has 6 nitrogen and oxygen atoms in total. The van der Waals surface area contributed by atoms with Gasteiger partial charge in [0.15, 0.2) is 0 Å². The zero-order valence-electron chi connectivity index (χ0n) is 16.6. The second-order valence-corrected chi connectivity index (χ2v) is 9.96. The van der Waals surface area contributed by atoms with Crippen LogP contribution in [0.25, 0.3) is 0 Å². The Morgan fingerprint density at radius 3 is 1.70 bits per heavy atom. The van der Waals surface area contributed by atoms with Crippen molar-refractivity contribution in [1.29, 1.82) is 0 Å². The number of aliphatic hydroxyl groups is 2. The molecule has 0 spiro atoms. The molecule has 2 unspecified atom stereocenters. The van der Waals surface area contributed by atoms with Crippen LogP contribution in [0.1, 0.15) is 45.4 Å². The maximum absolute atomic E-state index is 9.36. The van der Waals surface area contributed by atoms with E-state index in [-0.39, 0.29) is 18.8 Å². The minimum absolute atomic E-state index is 0.00410. The Morgan fingerprint density at radius 1 is 0.889 bits per heavy atom. The van der Waals surface area contributed by atoms with Crippen LogP contribution >= 0.6 is 0 Å². The number of epoxide rings is 2. The molecule has 2 atom stereocenters. The molecule has 4 bridgehead atoms. The van der Waals surface area contributed by atoms with Crippen LogP contribution in [-0.2, 0) is 18.9 Å². The lowest BCUT2D eigenvalue weighted by molar-refractivity contribution is -0.184. The Morgan fingerprint density at radius 2 is 1.33 bits per heavy atom. The summed E-state index contributed by atoms with van der Waals surface area (Å²) < 4.78 is 21.4. The topological polar surface area (TPSA) is 84.0 Å². The van der Waals surface area contributed by atoms with E-state index in [1.807, 2.05) is 6.92 Å². The first kappa shape index (κ1) is 20.0. The van der Waals surface area contributed by atoms with Crippen molar-refractivity contribution in [2.45, 2.75) is 63.3 Å². The van der Waals surface area contributed by atoms with Gasteiger partial charge in [-0.25, -0.2) is 0 Å². The largest absolute Gasteiger partial charge is 0.396 e. The van der Waals surface area contributed by atoms with Gasteiger partial charge in [-0.05, 0) is 56.3 Å². The summed E-state index contributed by atoms with van der Waals surface area (Å²) in [6, 6.07) is 0. The first-order valence-corrected chi connectivity index (χ1v) is 10.7. The van der Waals surface area contributed by atoms with Gasteiger partial charge in [-0.3, -0.25) is 0 Å². The van der Waals surface area contributed by atoms with Gasteiger partial charge in [-0.2, -0.15) is 0 Å². The molecule has 2 aliphatic heterocycles. The van der Waals surface area contributed by atoms with Crippen LogP contribution < -0.4 is 0 Å². The summed E-state index contributed by atoms with van der Waals surface area (Å²) in [6.45, 7) is 5.64. The molecular formula is C21H36O6. The lowest BCUT2D eigenvalue weighted by atomic mass is 9.54. The molecule has 4 saturated carbocycles. The standard InChI is InChI=1S/C15H26O3.C6H10O3/c1-14(8-16,9-17)10-18-15-5-11-2-12(6-15)4-13(3-11)7-15;1(5-3-8-5)7-2-6-4-9-6/h11-13,16-17H,2-10H2,1H3;5-6H,1-4H2. The summed E-state index contributed by atoms with van der Waals surface area (Å²) in [5.41, 5.74) is -0.399. The highest BCUT2D eigenvalue weighted by atomic mass is 16.6. The second-order valence-electron chi connectivity index (χ2n) is 9.96. The third-order valence-corrected chi connectivity index (χ3v) is 6.88. The van der Waals surface area contributed by atoms with E-state index in [1.165, 1.54) is 38.5 Å². The number of rotatable bonds is 9. The Balaban J connectivity index is 0.000000167. The second kappa shape index (κ2) is 8.25. The van der Waals surface area contributed by atoms with Crippen molar-refractivity contribution in [1.82, 2.24) is 0 Å². The Labute approximate surface area is 162 Å². The van der Waals surface area contributed by atoms with E-state index in [1.54, 1.807) is 0 Å². The van der Waals surface area contributed by atoms with Gasteiger partial charge in [-0.15, -0.1) is 0 Å². The fourth-order valence-electron chi connectivity index (χ4n) is 5.34. The summed E-state index contributed by atoms with van der Waals surface area (Å²) in [5, 5.41) is 18.7. The van der Waals surface area contributed by atoms with Gasteiger partial charge in [0.25, 0.3) is 0 Å². The van der Waals surface area contributed by atoms with Crippen LogP contribution in [0.4, 0.5) is 0 Å². The van der Waals surface area contributed by atoms with Crippen molar-refractivity contribution in [3.05, 3.63) is 0 Å². The van der Waals surface area contributed by atoms with E-state index in [9.17, 15) is 10.2 Å². The maximum atomic E-state index is 9.36. The summed E-state index contributed by atoms with van der Waals surface area (Å²) in [5.74, 6) is 2.64. The average molecular weight is 385 g/mol. The van der Waals surface area contributed by atoms with Crippen molar-refractivity contribution >= 4 is 0 Å². The van der Waals surface area contributed by atoms with E-state index < -0.39 is 5.41 Å². The fraction of sp³-hybridized carbons (Fsp3) is 1.00. The molecule has 6 heteroatoms. The van der Waals surface area contributed by atoms with Gasteiger partial charge < -0.3 is 29.2 Å². The normalized spacial score (nSPS) is 41.2. The Bertz CT molecular complexity index is 436. The lowest BCUT2D eigenvalue weighted by Gasteiger charge is -2.56. The number of hydrogen-bond donors (Lipinski definition) is 2. The van der Waals surface area contributed by atoms with Gasteiger partial charge in [0.05, 0.1) is 51.8 Å².